The van der Waals surface area contributed by atoms with Crippen molar-refractivity contribution in [1.29, 1.82) is 5.26 Å². The molecule has 22 heavy (non-hydrogen) atoms. The van der Waals surface area contributed by atoms with Crippen molar-refractivity contribution in [3.05, 3.63) is 50.7 Å². The van der Waals surface area contributed by atoms with Crippen molar-refractivity contribution >= 4 is 28.6 Å². The van der Waals surface area contributed by atoms with Gasteiger partial charge < -0.3 is 10.4 Å². The summed E-state index contributed by atoms with van der Waals surface area (Å²) in [5.41, 5.74) is -1.03. The molecule has 0 aliphatic rings. The van der Waals surface area contributed by atoms with Crippen LogP contribution in [-0.4, -0.2) is 11.7 Å². The summed E-state index contributed by atoms with van der Waals surface area (Å²) in [6, 6.07) is 8.04. The molecule has 1 aromatic heterocycles. The first-order chi connectivity index (χ1) is 10.3. The average Bonchev–Trinajstić information content (AvgIpc) is 2.90. The van der Waals surface area contributed by atoms with E-state index >= 15 is 0 Å². The second-order valence-corrected chi connectivity index (χ2v) is 6.16. The third-order valence-electron chi connectivity index (χ3n) is 2.86. The van der Waals surface area contributed by atoms with E-state index in [2.05, 4.69) is 5.32 Å². The summed E-state index contributed by atoms with van der Waals surface area (Å²) in [5, 5.41) is 21.3. The van der Waals surface area contributed by atoms with Crippen LogP contribution in [0, 0.1) is 11.3 Å². The molecule has 2 N–H and O–H groups in total. The zero-order chi connectivity index (χ0) is 16.3. The molecule has 1 atom stereocenters. The maximum atomic E-state index is 12.9. The third-order valence-corrected chi connectivity index (χ3v) is 4.19. The molecule has 0 saturated heterocycles. The van der Waals surface area contributed by atoms with E-state index in [1.165, 1.54) is 0 Å². The quantitative estimate of drug-likeness (QED) is 0.860. The smallest absolute Gasteiger partial charge is 0.386 e. The van der Waals surface area contributed by atoms with Gasteiger partial charge in [-0.15, -0.1) is 11.3 Å². The molecule has 8 heteroatoms. The number of hydrogen-bond acceptors (Lipinski definition) is 4. The predicted octanol–water partition coefficient (Wildman–Crippen LogP) is 4.44. The van der Waals surface area contributed by atoms with Crippen LogP contribution in [0.3, 0.4) is 0 Å². The lowest BCUT2D eigenvalue weighted by Gasteiger charge is -2.16. The Labute approximate surface area is 133 Å². The van der Waals surface area contributed by atoms with E-state index in [9.17, 15) is 18.3 Å². The maximum absolute atomic E-state index is 12.9. The van der Waals surface area contributed by atoms with Crippen LogP contribution in [0.5, 0.6) is 0 Å². The number of benzene rings is 1. The van der Waals surface area contributed by atoms with Crippen LogP contribution in [0.15, 0.2) is 30.3 Å². The van der Waals surface area contributed by atoms with Gasteiger partial charge in [0.05, 0.1) is 21.5 Å². The second-order valence-electron chi connectivity index (χ2n) is 4.41. The lowest BCUT2D eigenvalue weighted by atomic mass is 10.1. The second kappa shape index (κ2) is 6.57. The van der Waals surface area contributed by atoms with Crippen molar-refractivity contribution in [2.24, 2.45) is 0 Å². The number of nitrogens with one attached hydrogen (secondary N) is 1. The number of hydrogen-bond donors (Lipinski definition) is 2. The summed E-state index contributed by atoms with van der Waals surface area (Å²) in [4.78, 5) is 0.544. The fourth-order valence-electron chi connectivity index (χ4n) is 1.82. The van der Waals surface area contributed by atoms with E-state index < -0.39 is 17.8 Å². The molecule has 2 rings (SSSR count). The Morgan fingerprint density at radius 2 is 2.05 bits per heavy atom. The summed E-state index contributed by atoms with van der Waals surface area (Å²) in [7, 11) is 0. The topological polar surface area (TPSA) is 56.0 Å². The molecule has 1 aromatic carbocycles. The molecule has 0 bridgehead atoms. The predicted molar refractivity (Wildman–Crippen MR) is 78.9 cm³/mol. The van der Waals surface area contributed by atoms with Gasteiger partial charge in [0.15, 0.2) is 0 Å². The van der Waals surface area contributed by atoms with Gasteiger partial charge in [-0.25, -0.2) is 0 Å². The first-order valence-electron chi connectivity index (χ1n) is 6.10. The van der Waals surface area contributed by atoms with Crippen LogP contribution in [0.2, 0.25) is 4.34 Å². The van der Waals surface area contributed by atoms with Gasteiger partial charge in [0, 0.05) is 17.1 Å². The Morgan fingerprint density at radius 3 is 2.59 bits per heavy atom. The highest BCUT2D eigenvalue weighted by Gasteiger charge is 2.33. The van der Waals surface area contributed by atoms with Crippen molar-refractivity contribution in [2.75, 3.05) is 11.9 Å². The minimum Gasteiger partial charge on any atom is -0.386 e. The number of rotatable bonds is 4. The van der Waals surface area contributed by atoms with E-state index in [4.69, 9.17) is 16.9 Å². The molecule has 0 amide bonds. The van der Waals surface area contributed by atoms with Gasteiger partial charge in [-0.05, 0) is 30.3 Å². The summed E-state index contributed by atoms with van der Waals surface area (Å²) in [5.74, 6) is 0. The first-order valence-corrected chi connectivity index (χ1v) is 7.29. The van der Waals surface area contributed by atoms with E-state index in [1.807, 2.05) is 0 Å². The molecule has 2 aromatic rings. The van der Waals surface area contributed by atoms with E-state index in [0.717, 1.165) is 29.5 Å². The lowest BCUT2D eigenvalue weighted by molar-refractivity contribution is -0.137. The SMILES string of the molecule is N#Cc1ccc(C(F)(F)F)c(NCC(O)c2ccc(Cl)s2)c1. The van der Waals surface area contributed by atoms with Crippen LogP contribution in [0.1, 0.15) is 22.1 Å². The third kappa shape index (κ3) is 3.91. The average molecular weight is 347 g/mol. The van der Waals surface area contributed by atoms with Gasteiger partial charge in [0.1, 0.15) is 6.10 Å². The van der Waals surface area contributed by atoms with Crippen molar-refractivity contribution in [3.63, 3.8) is 0 Å². The molecule has 0 aliphatic heterocycles. The fraction of sp³-hybridized carbons (Fsp3) is 0.214. The van der Waals surface area contributed by atoms with Gasteiger partial charge in [0.25, 0.3) is 0 Å². The number of aliphatic hydroxyl groups is 1. The van der Waals surface area contributed by atoms with Crippen LogP contribution in [0.4, 0.5) is 18.9 Å². The zero-order valence-corrected chi connectivity index (χ0v) is 12.6. The lowest BCUT2D eigenvalue weighted by Crippen LogP contribution is -2.15. The van der Waals surface area contributed by atoms with Crippen molar-refractivity contribution in [1.82, 2.24) is 0 Å². The molecule has 1 heterocycles. The fourth-order valence-corrected chi connectivity index (χ4v) is 2.87. The van der Waals surface area contributed by atoms with Gasteiger partial charge in [0.2, 0.25) is 0 Å². The molecular weight excluding hydrogens is 337 g/mol. The minimum absolute atomic E-state index is 0.101. The highest BCUT2D eigenvalue weighted by Crippen LogP contribution is 2.36. The van der Waals surface area contributed by atoms with Crippen LogP contribution < -0.4 is 5.32 Å². The molecular formula is C14H10ClF3N2OS. The Kier molecular flexibility index (Phi) is 4.96. The Bertz CT molecular complexity index is 709. The Morgan fingerprint density at radius 1 is 1.32 bits per heavy atom. The first kappa shape index (κ1) is 16.6. The largest absolute Gasteiger partial charge is 0.418 e. The number of nitrogens with zero attached hydrogens (tertiary/aromatic N) is 1. The highest BCUT2D eigenvalue weighted by atomic mass is 35.5. The standard InChI is InChI=1S/C14H10ClF3N2OS/c15-13-4-3-12(22-13)11(21)7-20-10-5-8(6-19)1-2-9(10)14(16,17)18/h1-5,11,20-21H,7H2. The minimum atomic E-state index is -4.55. The summed E-state index contributed by atoms with van der Waals surface area (Å²) in [6.07, 6.45) is -5.54. The van der Waals surface area contributed by atoms with Gasteiger partial charge >= 0.3 is 6.18 Å². The Balaban J connectivity index is 2.19. The molecule has 116 valence electrons. The van der Waals surface area contributed by atoms with Crippen LogP contribution >= 0.6 is 22.9 Å². The number of anilines is 1. The normalized spacial score (nSPS) is 12.7. The van der Waals surface area contributed by atoms with Gasteiger partial charge in [-0.3, -0.25) is 0 Å². The molecule has 3 nitrogen and oxygen atoms in total. The number of nitriles is 1. The summed E-state index contributed by atoms with van der Waals surface area (Å²) < 4.78 is 39.3. The molecule has 0 fully saturated rings. The van der Waals surface area contributed by atoms with Crippen LogP contribution in [-0.2, 0) is 6.18 Å². The summed E-state index contributed by atoms with van der Waals surface area (Å²) in [6.45, 7) is -0.130. The summed E-state index contributed by atoms with van der Waals surface area (Å²) >= 11 is 6.90. The Hall–Kier alpha value is -1.75. The van der Waals surface area contributed by atoms with Gasteiger partial charge in [-0.2, -0.15) is 18.4 Å². The monoisotopic (exact) mass is 346 g/mol. The van der Waals surface area contributed by atoms with Gasteiger partial charge in [-0.1, -0.05) is 11.6 Å². The number of alkyl halides is 3. The number of aliphatic hydroxyl groups excluding tert-OH is 1. The van der Waals surface area contributed by atoms with Crippen LogP contribution in [0.25, 0.3) is 0 Å². The van der Waals surface area contributed by atoms with Crippen molar-refractivity contribution < 1.29 is 18.3 Å². The number of halogens is 4. The molecule has 0 radical (unpaired) electrons. The van der Waals surface area contributed by atoms with Crippen molar-refractivity contribution in [3.8, 4) is 6.07 Å². The van der Waals surface area contributed by atoms with E-state index in [-0.39, 0.29) is 17.8 Å². The zero-order valence-electron chi connectivity index (χ0n) is 11.0. The molecule has 0 saturated carbocycles. The molecule has 1 unspecified atom stereocenters. The maximum Gasteiger partial charge on any atom is 0.418 e. The molecule has 0 aliphatic carbocycles. The molecule has 0 spiro atoms. The van der Waals surface area contributed by atoms with Crippen molar-refractivity contribution in [2.45, 2.75) is 12.3 Å². The van der Waals surface area contributed by atoms with E-state index in [0.29, 0.717) is 9.21 Å². The number of thiophene rings is 1. The highest BCUT2D eigenvalue weighted by molar-refractivity contribution is 7.16. The van der Waals surface area contributed by atoms with E-state index in [1.54, 1.807) is 18.2 Å².